The van der Waals surface area contributed by atoms with Crippen molar-refractivity contribution in [1.29, 1.82) is 0 Å². The van der Waals surface area contributed by atoms with Crippen molar-refractivity contribution in [1.82, 2.24) is 0 Å². The molecule has 0 aliphatic carbocycles. The van der Waals surface area contributed by atoms with Crippen molar-refractivity contribution < 1.29 is 19.2 Å². The number of carbonyl (C=O) groups is 4. The molecular formula is C16H26O4S. The van der Waals surface area contributed by atoms with E-state index in [2.05, 4.69) is 0 Å². The number of carbonyl (C=O) groups excluding carboxylic acids is 4. The average Bonchev–Trinajstić information content (AvgIpc) is 2.37. The van der Waals surface area contributed by atoms with Crippen LogP contribution >= 0.6 is 11.8 Å². The van der Waals surface area contributed by atoms with Crippen LogP contribution in [0.15, 0.2) is 0 Å². The second-order valence-corrected chi connectivity index (χ2v) is 6.77. The van der Waals surface area contributed by atoms with Gasteiger partial charge in [-0.1, -0.05) is 13.8 Å². The highest BCUT2D eigenvalue weighted by Crippen LogP contribution is 2.17. The van der Waals surface area contributed by atoms with Gasteiger partial charge in [0.05, 0.1) is 0 Å². The first kappa shape index (κ1) is 20.0. The summed E-state index contributed by atoms with van der Waals surface area (Å²) in [5.74, 6) is 0.217. The lowest BCUT2D eigenvalue weighted by molar-refractivity contribution is -0.121. The van der Waals surface area contributed by atoms with Crippen LogP contribution in [0.5, 0.6) is 0 Å². The monoisotopic (exact) mass is 314 g/mol. The van der Waals surface area contributed by atoms with Crippen molar-refractivity contribution >= 4 is 33.6 Å². The molecule has 0 fully saturated rings. The molecule has 0 N–H and O–H groups in total. The lowest BCUT2D eigenvalue weighted by Crippen LogP contribution is -2.08. The molecule has 0 amide bonds. The SMILES string of the molecule is CC(=O)C(C)CCCC(=O)SC(=O)CCCC(C)C(C)=O. The molecule has 120 valence electrons. The zero-order valence-corrected chi connectivity index (χ0v) is 14.3. The molecule has 0 saturated carbocycles. The lowest BCUT2D eigenvalue weighted by Gasteiger charge is -2.07. The standard InChI is InChI=1S/C16H26O4S/c1-11(13(3)17)7-5-9-15(19)21-16(20)10-6-8-12(2)14(4)18/h11-12H,5-10H2,1-4H3. The summed E-state index contributed by atoms with van der Waals surface area (Å²) in [5, 5.41) is -0.259. The molecular weight excluding hydrogens is 288 g/mol. The number of hydrogen-bond acceptors (Lipinski definition) is 5. The topological polar surface area (TPSA) is 68.3 Å². The van der Waals surface area contributed by atoms with Gasteiger partial charge in [0.1, 0.15) is 11.6 Å². The molecule has 0 aromatic heterocycles. The van der Waals surface area contributed by atoms with Gasteiger partial charge < -0.3 is 0 Å². The minimum Gasteiger partial charge on any atom is -0.300 e. The Balaban J connectivity index is 3.77. The molecule has 0 saturated heterocycles. The maximum atomic E-state index is 11.6. The van der Waals surface area contributed by atoms with E-state index in [9.17, 15) is 19.2 Å². The van der Waals surface area contributed by atoms with Crippen molar-refractivity contribution in [2.75, 3.05) is 0 Å². The first-order valence-electron chi connectivity index (χ1n) is 7.48. The fraction of sp³-hybridized carbons (Fsp3) is 0.750. The molecule has 0 aromatic rings. The average molecular weight is 314 g/mol. The number of thioether (sulfide) groups is 1. The van der Waals surface area contributed by atoms with Crippen molar-refractivity contribution in [2.45, 2.75) is 66.2 Å². The van der Waals surface area contributed by atoms with E-state index in [0.717, 1.165) is 11.8 Å². The third-order valence-corrected chi connectivity index (χ3v) is 4.52. The zero-order valence-electron chi connectivity index (χ0n) is 13.4. The van der Waals surface area contributed by atoms with E-state index in [1.165, 1.54) is 0 Å². The van der Waals surface area contributed by atoms with E-state index in [0.29, 0.717) is 38.5 Å². The van der Waals surface area contributed by atoms with E-state index >= 15 is 0 Å². The molecule has 0 aromatic carbocycles. The Labute approximate surface area is 131 Å². The van der Waals surface area contributed by atoms with Gasteiger partial charge in [0.2, 0.25) is 0 Å². The smallest absolute Gasteiger partial charge is 0.196 e. The third-order valence-electron chi connectivity index (χ3n) is 3.65. The lowest BCUT2D eigenvalue weighted by atomic mass is 10.0. The number of hydrogen-bond donors (Lipinski definition) is 0. The molecule has 4 nitrogen and oxygen atoms in total. The Bertz CT molecular complexity index is 354. The molecule has 2 atom stereocenters. The summed E-state index contributed by atoms with van der Waals surface area (Å²) < 4.78 is 0. The highest BCUT2D eigenvalue weighted by Gasteiger charge is 2.14. The van der Waals surface area contributed by atoms with Crippen LogP contribution in [-0.2, 0) is 19.2 Å². The molecule has 0 heterocycles. The molecule has 0 rings (SSSR count). The summed E-state index contributed by atoms with van der Waals surface area (Å²) in [6.07, 6.45) is 3.32. The summed E-state index contributed by atoms with van der Waals surface area (Å²) >= 11 is 0.772. The third kappa shape index (κ3) is 10.4. The first-order chi connectivity index (χ1) is 9.73. The van der Waals surface area contributed by atoms with Crippen LogP contribution in [0, 0.1) is 11.8 Å². The predicted octanol–water partition coefficient (Wildman–Crippen LogP) is 3.56. The summed E-state index contributed by atoms with van der Waals surface area (Å²) in [6, 6.07) is 0. The van der Waals surface area contributed by atoms with Crippen LogP contribution in [0.3, 0.4) is 0 Å². The predicted molar refractivity (Wildman–Crippen MR) is 85.0 cm³/mol. The summed E-state index contributed by atoms with van der Waals surface area (Å²) in [4.78, 5) is 45.3. The van der Waals surface area contributed by atoms with Crippen molar-refractivity contribution in [3.8, 4) is 0 Å². The Morgan fingerprint density at radius 1 is 0.762 bits per heavy atom. The van der Waals surface area contributed by atoms with E-state index in [-0.39, 0.29) is 33.6 Å². The molecule has 0 aliphatic rings. The largest absolute Gasteiger partial charge is 0.300 e. The van der Waals surface area contributed by atoms with Gasteiger partial charge >= 0.3 is 0 Å². The van der Waals surface area contributed by atoms with E-state index in [1.807, 2.05) is 13.8 Å². The van der Waals surface area contributed by atoms with Crippen molar-refractivity contribution in [2.24, 2.45) is 11.8 Å². The van der Waals surface area contributed by atoms with Gasteiger partial charge in [-0.05, 0) is 51.3 Å². The Hall–Kier alpha value is -0.970. The molecule has 0 spiro atoms. The molecule has 0 aliphatic heterocycles. The summed E-state index contributed by atoms with van der Waals surface area (Å²) in [7, 11) is 0. The second kappa shape index (κ2) is 10.7. The van der Waals surface area contributed by atoms with Crippen LogP contribution in [0.25, 0.3) is 0 Å². The Kier molecular flexibility index (Phi) is 10.2. The highest BCUT2D eigenvalue weighted by atomic mass is 32.2. The van der Waals surface area contributed by atoms with Gasteiger partial charge in [0, 0.05) is 24.7 Å². The minimum absolute atomic E-state index is 0.0217. The fourth-order valence-corrected chi connectivity index (χ4v) is 2.49. The van der Waals surface area contributed by atoms with Crippen LogP contribution in [0.2, 0.25) is 0 Å². The van der Waals surface area contributed by atoms with Gasteiger partial charge in [0.15, 0.2) is 10.2 Å². The van der Waals surface area contributed by atoms with Gasteiger partial charge in [-0.25, -0.2) is 0 Å². The minimum atomic E-state index is -0.129. The normalized spacial score (nSPS) is 13.5. The number of ketones is 2. The maximum absolute atomic E-state index is 11.6. The van der Waals surface area contributed by atoms with Gasteiger partial charge in [-0.15, -0.1) is 0 Å². The number of Topliss-reactive ketones (excluding diaryl/α,β-unsaturated/α-hetero) is 2. The number of rotatable bonds is 10. The summed E-state index contributed by atoms with van der Waals surface area (Å²) in [5.41, 5.74) is 0. The van der Waals surface area contributed by atoms with Crippen LogP contribution < -0.4 is 0 Å². The van der Waals surface area contributed by atoms with E-state index < -0.39 is 0 Å². The second-order valence-electron chi connectivity index (χ2n) is 5.65. The molecule has 2 unspecified atom stereocenters. The van der Waals surface area contributed by atoms with Crippen LogP contribution in [0.1, 0.15) is 66.2 Å². The van der Waals surface area contributed by atoms with Crippen molar-refractivity contribution in [3.63, 3.8) is 0 Å². The molecule has 21 heavy (non-hydrogen) atoms. The Morgan fingerprint density at radius 3 is 1.38 bits per heavy atom. The van der Waals surface area contributed by atoms with Gasteiger partial charge in [-0.3, -0.25) is 19.2 Å². The first-order valence-corrected chi connectivity index (χ1v) is 8.30. The maximum Gasteiger partial charge on any atom is 0.196 e. The van der Waals surface area contributed by atoms with Gasteiger partial charge in [0.25, 0.3) is 0 Å². The molecule has 5 heteroatoms. The summed E-state index contributed by atoms with van der Waals surface area (Å²) in [6.45, 7) is 6.79. The van der Waals surface area contributed by atoms with Crippen LogP contribution in [0.4, 0.5) is 0 Å². The zero-order chi connectivity index (χ0) is 16.4. The highest BCUT2D eigenvalue weighted by molar-refractivity contribution is 8.26. The fourth-order valence-electron chi connectivity index (χ4n) is 1.74. The van der Waals surface area contributed by atoms with Crippen LogP contribution in [-0.4, -0.2) is 21.8 Å². The van der Waals surface area contributed by atoms with E-state index in [4.69, 9.17) is 0 Å². The Morgan fingerprint density at radius 2 is 1.10 bits per heavy atom. The molecule has 0 bridgehead atoms. The van der Waals surface area contributed by atoms with E-state index in [1.54, 1.807) is 13.8 Å². The molecule has 0 radical (unpaired) electrons. The van der Waals surface area contributed by atoms with Gasteiger partial charge in [-0.2, -0.15) is 0 Å². The quantitative estimate of drug-likeness (QED) is 0.616. The van der Waals surface area contributed by atoms with Crippen molar-refractivity contribution in [3.05, 3.63) is 0 Å².